The first-order chi connectivity index (χ1) is 11.9. The van der Waals surface area contributed by atoms with E-state index in [9.17, 15) is 0 Å². The Morgan fingerprint density at radius 1 is 1.00 bits per heavy atom. The Labute approximate surface area is 145 Å². The average Bonchev–Trinajstić information content (AvgIpc) is 2.92. The molecule has 0 radical (unpaired) electrons. The van der Waals surface area contributed by atoms with Crippen molar-refractivity contribution in [2.75, 3.05) is 29.9 Å². The maximum atomic E-state index is 4.87. The standard InChI is InChI=1S/C20H28N4/c1-2-3-13-21-18-16-19(24-14-9-4-5-10-15-24)23-20(22-18)17-11-7-6-8-12-17/h6-8,11-12,16H,2-5,9-10,13-15H2,1H3,(H,21,22,23). The Kier molecular flexibility index (Phi) is 6.05. The van der Waals surface area contributed by atoms with Crippen molar-refractivity contribution in [2.24, 2.45) is 0 Å². The van der Waals surface area contributed by atoms with E-state index in [2.05, 4.69) is 35.3 Å². The lowest BCUT2D eigenvalue weighted by molar-refractivity contribution is 0.726. The Balaban J connectivity index is 1.89. The molecule has 0 aliphatic carbocycles. The summed E-state index contributed by atoms with van der Waals surface area (Å²) in [6, 6.07) is 12.4. The van der Waals surface area contributed by atoms with Crippen molar-refractivity contribution in [3.63, 3.8) is 0 Å². The molecule has 1 N–H and O–H groups in total. The molecule has 0 amide bonds. The highest BCUT2D eigenvalue weighted by Crippen LogP contribution is 2.24. The minimum atomic E-state index is 0.816. The minimum absolute atomic E-state index is 0.816. The normalized spacial score (nSPS) is 15.1. The zero-order valence-electron chi connectivity index (χ0n) is 14.7. The second-order valence-corrected chi connectivity index (χ2v) is 6.48. The van der Waals surface area contributed by atoms with Crippen LogP contribution in [-0.4, -0.2) is 29.6 Å². The average molecular weight is 324 g/mol. The van der Waals surface area contributed by atoms with Crippen LogP contribution in [0.2, 0.25) is 0 Å². The summed E-state index contributed by atoms with van der Waals surface area (Å²) in [6.07, 6.45) is 7.50. The number of unbranched alkanes of at least 4 members (excludes halogenated alkanes) is 1. The molecule has 0 unspecified atom stereocenters. The number of nitrogens with one attached hydrogen (secondary N) is 1. The van der Waals surface area contributed by atoms with E-state index in [1.54, 1.807) is 0 Å². The van der Waals surface area contributed by atoms with Crippen LogP contribution in [0, 0.1) is 0 Å². The summed E-state index contributed by atoms with van der Waals surface area (Å²) in [5, 5.41) is 3.47. The number of nitrogens with zero attached hydrogens (tertiary/aromatic N) is 3. The van der Waals surface area contributed by atoms with Gasteiger partial charge in [-0.2, -0.15) is 0 Å². The molecule has 1 aromatic carbocycles. The molecule has 0 saturated carbocycles. The molecule has 1 fully saturated rings. The molecule has 1 aliphatic rings. The second kappa shape index (κ2) is 8.67. The lowest BCUT2D eigenvalue weighted by Gasteiger charge is -2.22. The highest BCUT2D eigenvalue weighted by molar-refractivity contribution is 5.61. The van der Waals surface area contributed by atoms with Gasteiger partial charge in [0.25, 0.3) is 0 Å². The largest absolute Gasteiger partial charge is 0.370 e. The molecule has 1 aromatic heterocycles. The molecule has 0 atom stereocenters. The van der Waals surface area contributed by atoms with Crippen LogP contribution in [0.1, 0.15) is 45.4 Å². The summed E-state index contributed by atoms with van der Waals surface area (Å²) in [7, 11) is 0. The molecule has 3 rings (SSSR count). The van der Waals surface area contributed by atoms with Gasteiger partial charge in [0, 0.05) is 31.3 Å². The summed E-state index contributed by atoms with van der Waals surface area (Å²) < 4.78 is 0. The number of rotatable bonds is 6. The second-order valence-electron chi connectivity index (χ2n) is 6.48. The summed E-state index contributed by atoms with van der Waals surface area (Å²) >= 11 is 0. The van der Waals surface area contributed by atoms with E-state index in [0.717, 1.165) is 49.1 Å². The lowest BCUT2D eigenvalue weighted by Crippen LogP contribution is -2.25. The lowest BCUT2D eigenvalue weighted by atomic mass is 10.2. The zero-order chi connectivity index (χ0) is 16.6. The summed E-state index contributed by atoms with van der Waals surface area (Å²) in [6.45, 7) is 5.36. The number of anilines is 2. The maximum absolute atomic E-state index is 4.87. The first-order valence-electron chi connectivity index (χ1n) is 9.30. The molecule has 0 spiro atoms. The van der Waals surface area contributed by atoms with Crippen LogP contribution in [0.25, 0.3) is 11.4 Å². The Bertz CT molecular complexity index is 619. The number of hydrogen-bond donors (Lipinski definition) is 1. The third kappa shape index (κ3) is 4.47. The van der Waals surface area contributed by atoms with Crippen molar-refractivity contribution in [2.45, 2.75) is 45.4 Å². The van der Waals surface area contributed by atoms with E-state index in [1.807, 2.05) is 18.2 Å². The van der Waals surface area contributed by atoms with E-state index >= 15 is 0 Å². The predicted molar refractivity (Wildman–Crippen MR) is 102 cm³/mol. The van der Waals surface area contributed by atoms with Crippen molar-refractivity contribution in [3.8, 4) is 11.4 Å². The van der Waals surface area contributed by atoms with Crippen molar-refractivity contribution < 1.29 is 0 Å². The van der Waals surface area contributed by atoms with Crippen LogP contribution in [0.15, 0.2) is 36.4 Å². The molecule has 2 heterocycles. The smallest absolute Gasteiger partial charge is 0.163 e. The fraction of sp³-hybridized carbons (Fsp3) is 0.500. The fourth-order valence-corrected chi connectivity index (χ4v) is 3.10. The molecular weight excluding hydrogens is 296 g/mol. The van der Waals surface area contributed by atoms with Gasteiger partial charge in [0.05, 0.1) is 0 Å². The topological polar surface area (TPSA) is 41.0 Å². The van der Waals surface area contributed by atoms with Crippen LogP contribution in [0.5, 0.6) is 0 Å². The maximum Gasteiger partial charge on any atom is 0.163 e. The summed E-state index contributed by atoms with van der Waals surface area (Å²) in [5.41, 5.74) is 1.08. The summed E-state index contributed by atoms with van der Waals surface area (Å²) in [5.74, 6) is 2.82. The van der Waals surface area contributed by atoms with Crippen LogP contribution < -0.4 is 10.2 Å². The first-order valence-corrected chi connectivity index (χ1v) is 9.30. The van der Waals surface area contributed by atoms with Crippen LogP contribution in [0.3, 0.4) is 0 Å². The highest BCUT2D eigenvalue weighted by atomic mass is 15.2. The van der Waals surface area contributed by atoms with E-state index in [4.69, 9.17) is 9.97 Å². The Morgan fingerprint density at radius 2 is 1.75 bits per heavy atom. The van der Waals surface area contributed by atoms with Crippen molar-refractivity contribution in [1.29, 1.82) is 0 Å². The third-order valence-electron chi connectivity index (χ3n) is 4.51. The van der Waals surface area contributed by atoms with Gasteiger partial charge in [0.2, 0.25) is 0 Å². The molecule has 4 nitrogen and oxygen atoms in total. The Morgan fingerprint density at radius 3 is 2.46 bits per heavy atom. The molecule has 0 bridgehead atoms. The molecule has 24 heavy (non-hydrogen) atoms. The van der Waals surface area contributed by atoms with Gasteiger partial charge in [-0.3, -0.25) is 0 Å². The Hall–Kier alpha value is -2.10. The van der Waals surface area contributed by atoms with Crippen LogP contribution >= 0.6 is 0 Å². The number of aromatic nitrogens is 2. The molecule has 1 saturated heterocycles. The van der Waals surface area contributed by atoms with Crippen molar-refractivity contribution in [3.05, 3.63) is 36.4 Å². The number of hydrogen-bond acceptors (Lipinski definition) is 4. The molecule has 1 aliphatic heterocycles. The molecule has 128 valence electrons. The molecule has 4 heteroatoms. The van der Waals surface area contributed by atoms with Gasteiger partial charge < -0.3 is 10.2 Å². The van der Waals surface area contributed by atoms with E-state index in [-0.39, 0.29) is 0 Å². The summed E-state index contributed by atoms with van der Waals surface area (Å²) in [4.78, 5) is 12.0. The highest BCUT2D eigenvalue weighted by Gasteiger charge is 2.14. The van der Waals surface area contributed by atoms with Gasteiger partial charge in [-0.25, -0.2) is 9.97 Å². The predicted octanol–water partition coefficient (Wildman–Crippen LogP) is 4.74. The van der Waals surface area contributed by atoms with Gasteiger partial charge in [-0.1, -0.05) is 56.5 Å². The van der Waals surface area contributed by atoms with Gasteiger partial charge in [0.1, 0.15) is 11.6 Å². The van der Waals surface area contributed by atoms with Gasteiger partial charge in [-0.05, 0) is 19.3 Å². The number of benzene rings is 1. The van der Waals surface area contributed by atoms with Gasteiger partial charge in [0.15, 0.2) is 5.82 Å². The van der Waals surface area contributed by atoms with E-state index in [0.29, 0.717) is 0 Å². The third-order valence-corrected chi connectivity index (χ3v) is 4.51. The van der Waals surface area contributed by atoms with Gasteiger partial charge >= 0.3 is 0 Å². The van der Waals surface area contributed by atoms with E-state index in [1.165, 1.54) is 32.1 Å². The van der Waals surface area contributed by atoms with Crippen molar-refractivity contribution in [1.82, 2.24) is 9.97 Å². The SMILES string of the molecule is CCCCNc1cc(N2CCCCCC2)nc(-c2ccccc2)n1. The van der Waals surface area contributed by atoms with Crippen LogP contribution in [0.4, 0.5) is 11.6 Å². The zero-order valence-corrected chi connectivity index (χ0v) is 14.7. The fourth-order valence-electron chi connectivity index (χ4n) is 3.10. The van der Waals surface area contributed by atoms with Crippen LogP contribution in [-0.2, 0) is 0 Å². The molecular formula is C20H28N4. The van der Waals surface area contributed by atoms with E-state index < -0.39 is 0 Å². The first kappa shape index (κ1) is 16.7. The van der Waals surface area contributed by atoms with Crippen molar-refractivity contribution >= 4 is 11.6 Å². The quantitative estimate of drug-likeness (QED) is 0.780. The minimum Gasteiger partial charge on any atom is -0.370 e. The molecule has 2 aromatic rings. The van der Waals surface area contributed by atoms with Gasteiger partial charge in [-0.15, -0.1) is 0 Å². The monoisotopic (exact) mass is 324 g/mol.